The molecule has 0 saturated carbocycles. The van der Waals surface area contributed by atoms with Crippen molar-refractivity contribution < 1.29 is 26.7 Å². The first-order chi connectivity index (χ1) is 14.4. The van der Waals surface area contributed by atoms with Crippen molar-refractivity contribution in [3.63, 3.8) is 0 Å². The maximum atomic E-state index is 14.4. The summed E-state index contributed by atoms with van der Waals surface area (Å²) in [5.74, 6) is -2.84. The van der Waals surface area contributed by atoms with Crippen LogP contribution in [0.4, 0.5) is 8.78 Å². The number of nitrogens with zero attached hydrogens (tertiary/aromatic N) is 1. The fourth-order valence-electron chi connectivity index (χ4n) is 2.47. The Morgan fingerprint density at radius 2 is 1.74 bits per heavy atom. The first-order valence-electron chi connectivity index (χ1n) is 8.24. The lowest BCUT2D eigenvalue weighted by molar-refractivity contribution is 0.0978. The SMILES string of the molecule is CS(=O)(=O)NC(=O)c1cc(Cl)c(-c2cnc(Oc3cc(F)ccc3Cl)c(Cl)c2)cc1F. The van der Waals surface area contributed by atoms with Crippen LogP contribution in [0.2, 0.25) is 15.1 Å². The number of hydrogen-bond donors (Lipinski definition) is 1. The molecule has 0 radical (unpaired) electrons. The number of rotatable bonds is 5. The third-order valence-electron chi connectivity index (χ3n) is 3.80. The number of amides is 1. The Balaban J connectivity index is 1.93. The van der Waals surface area contributed by atoms with E-state index in [9.17, 15) is 22.0 Å². The average molecular weight is 508 g/mol. The zero-order valence-corrected chi connectivity index (χ0v) is 18.5. The van der Waals surface area contributed by atoms with Crippen molar-refractivity contribution >= 4 is 50.7 Å². The van der Waals surface area contributed by atoms with Crippen LogP contribution in [0, 0.1) is 11.6 Å². The predicted molar refractivity (Wildman–Crippen MR) is 113 cm³/mol. The smallest absolute Gasteiger partial charge is 0.267 e. The van der Waals surface area contributed by atoms with Crippen molar-refractivity contribution in [1.29, 1.82) is 0 Å². The molecule has 1 aromatic heterocycles. The van der Waals surface area contributed by atoms with Crippen molar-refractivity contribution in [2.75, 3.05) is 6.26 Å². The van der Waals surface area contributed by atoms with Crippen LogP contribution in [-0.4, -0.2) is 25.6 Å². The quantitative estimate of drug-likeness (QED) is 0.495. The molecule has 6 nitrogen and oxygen atoms in total. The molecule has 162 valence electrons. The van der Waals surface area contributed by atoms with E-state index in [0.29, 0.717) is 0 Å². The van der Waals surface area contributed by atoms with E-state index in [1.807, 2.05) is 0 Å². The zero-order valence-electron chi connectivity index (χ0n) is 15.4. The Morgan fingerprint density at radius 1 is 1.03 bits per heavy atom. The molecule has 3 aromatic rings. The van der Waals surface area contributed by atoms with E-state index in [1.165, 1.54) is 18.3 Å². The number of aromatic nitrogens is 1. The van der Waals surface area contributed by atoms with Gasteiger partial charge in [-0.15, -0.1) is 0 Å². The van der Waals surface area contributed by atoms with E-state index < -0.39 is 33.1 Å². The van der Waals surface area contributed by atoms with Gasteiger partial charge in [0.1, 0.15) is 16.7 Å². The standard InChI is InChI=1S/C19H11Cl3F2N2O4S/c1-31(28,29)26-18(27)12-6-14(21)11(7-16(12)24)9-4-15(22)19(25-8-9)30-17-5-10(23)2-3-13(17)20/h2-8H,1H3,(H,26,27). The van der Waals surface area contributed by atoms with Gasteiger partial charge in [0, 0.05) is 28.4 Å². The second-order valence-electron chi connectivity index (χ2n) is 6.20. The molecule has 2 aromatic carbocycles. The summed E-state index contributed by atoms with van der Waals surface area (Å²) in [5.41, 5.74) is -0.139. The van der Waals surface area contributed by atoms with Crippen molar-refractivity contribution in [2.24, 2.45) is 0 Å². The number of nitrogens with one attached hydrogen (secondary N) is 1. The van der Waals surface area contributed by atoms with Crippen molar-refractivity contribution in [3.8, 4) is 22.8 Å². The number of benzene rings is 2. The van der Waals surface area contributed by atoms with Crippen LogP contribution in [0.3, 0.4) is 0 Å². The third kappa shape index (κ3) is 5.62. The van der Waals surface area contributed by atoms with Crippen LogP contribution in [0.1, 0.15) is 10.4 Å². The minimum Gasteiger partial charge on any atom is -0.436 e. The number of sulfonamides is 1. The molecule has 0 fully saturated rings. The lowest BCUT2D eigenvalue weighted by atomic mass is 10.0. The van der Waals surface area contributed by atoms with Crippen LogP contribution in [0.5, 0.6) is 11.6 Å². The van der Waals surface area contributed by atoms with E-state index in [2.05, 4.69) is 4.98 Å². The summed E-state index contributed by atoms with van der Waals surface area (Å²) in [7, 11) is -3.89. The third-order valence-corrected chi connectivity index (χ3v) is 5.25. The highest BCUT2D eigenvalue weighted by Gasteiger charge is 2.20. The van der Waals surface area contributed by atoms with Gasteiger partial charge in [-0.2, -0.15) is 0 Å². The summed E-state index contributed by atoms with van der Waals surface area (Å²) in [6.45, 7) is 0. The summed E-state index contributed by atoms with van der Waals surface area (Å²) < 4.78 is 57.3. The lowest BCUT2D eigenvalue weighted by Gasteiger charge is -2.12. The second kappa shape index (κ2) is 8.96. The fraction of sp³-hybridized carbons (Fsp3) is 0.0526. The highest BCUT2D eigenvalue weighted by atomic mass is 35.5. The van der Waals surface area contributed by atoms with Crippen LogP contribution >= 0.6 is 34.8 Å². The number of ether oxygens (including phenoxy) is 1. The molecule has 31 heavy (non-hydrogen) atoms. The normalized spacial score (nSPS) is 11.3. The molecule has 1 N–H and O–H groups in total. The minimum absolute atomic E-state index is 0.00543. The van der Waals surface area contributed by atoms with Gasteiger partial charge in [0.25, 0.3) is 5.91 Å². The van der Waals surface area contributed by atoms with E-state index in [0.717, 1.165) is 30.5 Å². The van der Waals surface area contributed by atoms with Gasteiger partial charge in [0.05, 0.1) is 16.8 Å². The molecule has 0 aliphatic carbocycles. The maximum absolute atomic E-state index is 14.4. The summed E-state index contributed by atoms with van der Waals surface area (Å²) in [5, 5.41) is 0.0735. The number of halogens is 5. The molecular formula is C19H11Cl3F2N2O4S. The molecule has 0 bridgehead atoms. The molecule has 0 spiro atoms. The van der Waals surface area contributed by atoms with E-state index in [-0.39, 0.29) is 37.8 Å². The Bertz CT molecular complexity index is 1300. The van der Waals surface area contributed by atoms with Crippen LogP contribution < -0.4 is 9.46 Å². The summed E-state index contributed by atoms with van der Waals surface area (Å²) in [6, 6.07) is 6.81. The Labute approximate surface area is 190 Å². The molecule has 0 unspecified atom stereocenters. The number of carbonyl (C=O) groups excluding carboxylic acids is 1. The Hall–Kier alpha value is -2.46. The van der Waals surface area contributed by atoms with Crippen LogP contribution in [0.25, 0.3) is 11.1 Å². The Morgan fingerprint density at radius 3 is 2.39 bits per heavy atom. The first kappa shape index (κ1) is 23.2. The zero-order chi connectivity index (χ0) is 22.9. The Kier molecular flexibility index (Phi) is 6.70. The monoisotopic (exact) mass is 506 g/mol. The van der Waals surface area contributed by atoms with Crippen molar-refractivity contribution in [2.45, 2.75) is 0 Å². The van der Waals surface area contributed by atoms with Gasteiger partial charge >= 0.3 is 0 Å². The number of pyridine rings is 1. The minimum atomic E-state index is -3.89. The predicted octanol–water partition coefficient (Wildman–Crippen LogP) is 5.47. The molecular weight excluding hydrogens is 497 g/mol. The molecule has 0 aliphatic heterocycles. The first-order valence-corrected chi connectivity index (χ1v) is 11.3. The van der Waals surface area contributed by atoms with Gasteiger partial charge in [-0.25, -0.2) is 26.9 Å². The lowest BCUT2D eigenvalue weighted by Crippen LogP contribution is -2.30. The largest absolute Gasteiger partial charge is 0.436 e. The van der Waals surface area contributed by atoms with Gasteiger partial charge in [0.2, 0.25) is 15.9 Å². The van der Waals surface area contributed by atoms with Crippen molar-refractivity contribution in [3.05, 3.63) is 74.9 Å². The average Bonchev–Trinajstić information content (AvgIpc) is 2.66. The highest BCUT2D eigenvalue weighted by Crippen LogP contribution is 2.36. The fourth-order valence-corrected chi connectivity index (χ4v) is 3.55. The number of hydrogen-bond acceptors (Lipinski definition) is 5. The van der Waals surface area contributed by atoms with E-state index in [1.54, 1.807) is 4.72 Å². The topological polar surface area (TPSA) is 85.4 Å². The molecule has 12 heteroatoms. The maximum Gasteiger partial charge on any atom is 0.267 e. The van der Waals surface area contributed by atoms with Gasteiger partial charge < -0.3 is 4.74 Å². The second-order valence-corrected chi connectivity index (χ2v) is 9.17. The molecule has 3 rings (SSSR count). The van der Waals surface area contributed by atoms with E-state index >= 15 is 0 Å². The molecule has 0 saturated heterocycles. The molecule has 1 amide bonds. The van der Waals surface area contributed by atoms with Gasteiger partial charge in [0.15, 0.2) is 5.75 Å². The molecule has 0 aliphatic rings. The van der Waals surface area contributed by atoms with Crippen LogP contribution in [-0.2, 0) is 10.0 Å². The van der Waals surface area contributed by atoms with Crippen LogP contribution in [0.15, 0.2) is 42.6 Å². The summed E-state index contributed by atoms with van der Waals surface area (Å²) >= 11 is 18.3. The van der Waals surface area contributed by atoms with Gasteiger partial charge in [-0.05, 0) is 30.3 Å². The van der Waals surface area contributed by atoms with E-state index in [4.69, 9.17) is 39.5 Å². The van der Waals surface area contributed by atoms with Gasteiger partial charge in [-0.1, -0.05) is 34.8 Å². The molecule has 1 heterocycles. The summed E-state index contributed by atoms with van der Waals surface area (Å²) in [4.78, 5) is 16.0. The van der Waals surface area contributed by atoms with Crippen molar-refractivity contribution in [1.82, 2.24) is 9.71 Å². The number of carbonyl (C=O) groups is 1. The van der Waals surface area contributed by atoms with Gasteiger partial charge in [-0.3, -0.25) is 4.79 Å². The molecule has 0 atom stereocenters. The summed E-state index contributed by atoms with van der Waals surface area (Å²) in [6.07, 6.45) is 2.03. The highest BCUT2D eigenvalue weighted by molar-refractivity contribution is 7.89.